The van der Waals surface area contributed by atoms with Gasteiger partial charge in [0.05, 0.1) is 31.8 Å². The number of phenolic OH excluding ortho intramolecular Hbond substituents is 1. The Bertz CT molecular complexity index is 1830. The quantitative estimate of drug-likeness (QED) is 0.132. The molecule has 3 aromatic carbocycles. The predicted octanol–water partition coefficient (Wildman–Crippen LogP) is 6.14. The predicted molar refractivity (Wildman–Crippen MR) is 145 cm³/mol. The van der Waals surface area contributed by atoms with Crippen molar-refractivity contribution in [1.82, 2.24) is 15.0 Å². The van der Waals surface area contributed by atoms with Gasteiger partial charge in [-0.2, -0.15) is 0 Å². The molecule has 5 aromatic rings. The summed E-state index contributed by atoms with van der Waals surface area (Å²) in [4.78, 5) is 22.9. The number of sulfonamides is 1. The molecule has 39 heavy (non-hydrogen) atoms. The Morgan fingerprint density at radius 2 is 1.79 bits per heavy atom. The van der Waals surface area contributed by atoms with E-state index in [0.29, 0.717) is 21.6 Å². The summed E-state index contributed by atoms with van der Waals surface area (Å²) in [6.07, 6.45) is 1.45. The molecule has 2 aromatic heterocycles. The molecule has 0 aliphatic rings. The summed E-state index contributed by atoms with van der Waals surface area (Å²) in [7, 11) is -4.47. The van der Waals surface area contributed by atoms with Crippen molar-refractivity contribution in [2.45, 2.75) is 4.90 Å². The molecule has 0 fully saturated rings. The molecule has 0 amide bonds. The lowest BCUT2D eigenvalue weighted by atomic mass is 10.1. The van der Waals surface area contributed by atoms with E-state index in [1.807, 2.05) is 30.3 Å². The molecule has 0 aliphatic heterocycles. The van der Waals surface area contributed by atoms with E-state index in [4.69, 9.17) is 11.6 Å². The van der Waals surface area contributed by atoms with Crippen LogP contribution in [0.3, 0.4) is 0 Å². The molecule has 14 heteroatoms. The van der Waals surface area contributed by atoms with Crippen molar-refractivity contribution in [2.24, 2.45) is 0 Å². The summed E-state index contributed by atoms with van der Waals surface area (Å²) in [5, 5.41) is 21.3. The number of aromatic hydroxyl groups is 1. The van der Waals surface area contributed by atoms with E-state index in [-0.39, 0.29) is 16.5 Å². The van der Waals surface area contributed by atoms with Crippen molar-refractivity contribution in [3.63, 3.8) is 0 Å². The van der Waals surface area contributed by atoms with E-state index in [2.05, 4.69) is 19.7 Å². The number of nitrogens with one attached hydrogen (secondary N) is 1. The molecule has 0 saturated carbocycles. The second-order valence-corrected chi connectivity index (χ2v) is 11.0. The van der Waals surface area contributed by atoms with Crippen LogP contribution in [0.25, 0.3) is 32.4 Å². The average molecular weight is 584 g/mol. The van der Waals surface area contributed by atoms with E-state index in [0.717, 1.165) is 17.7 Å². The number of hydrogen-bond donors (Lipinski definition) is 2. The van der Waals surface area contributed by atoms with Gasteiger partial charge in [0.15, 0.2) is 11.6 Å². The number of nitro groups is 1. The van der Waals surface area contributed by atoms with Crippen LogP contribution >= 0.6 is 22.9 Å². The molecule has 0 spiro atoms. The molecule has 0 radical (unpaired) electrons. The van der Waals surface area contributed by atoms with Crippen LogP contribution in [0, 0.1) is 15.9 Å². The summed E-state index contributed by atoms with van der Waals surface area (Å²) in [5.74, 6) is -1.64. The van der Waals surface area contributed by atoms with Crippen LogP contribution in [0.2, 0.25) is 5.28 Å². The van der Waals surface area contributed by atoms with Gasteiger partial charge in [0.25, 0.3) is 10.0 Å². The van der Waals surface area contributed by atoms with E-state index in [9.17, 15) is 23.6 Å². The maximum atomic E-state index is 15.9. The minimum absolute atomic E-state index is 0.0157. The third-order valence-corrected chi connectivity index (χ3v) is 8.13. The zero-order valence-corrected chi connectivity index (χ0v) is 21.8. The van der Waals surface area contributed by atoms with Crippen molar-refractivity contribution in [2.75, 3.05) is 4.72 Å². The van der Waals surface area contributed by atoms with Crippen LogP contribution in [-0.4, -0.2) is 33.4 Å². The van der Waals surface area contributed by atoms with Crippen LogP contribution in [-0.2, 0) is 10.0 Å². The van der Waals surface area contributed by atoms with Crippen molar-refractivity contribution in [1.29, 1.82) is 0 Å². The molecular formula is C25H15ClFN5O5S2. The molecule has 10 nitrogen and oxygen atoms in total. The SMILES string of the molecule is O=[N+]([O-])c1cc(S(=O)(=O)Nc2cccc(-c3nc(-c4ccccc4)sc3-c3ccnc(Cl)n3)c2F)ccc1O. The summed E-state index contributed by atoms with van der Waals surface area (Å²) >= 11 is 7.24. The first kappa shape index (κ1) is 26.2. The van der Waals surface area contributed by atoms with Crippen LogP contribution in [0.15, 0.2) is 83.9 Å². The topological polar surface area (TPSA) is 148 Å². The zero-order valence-electron chi connectivity index (χ0n) is 19.4. The summed E-state index contributed by atoms with van der Waals surface area (Å²) < 4.78 is 44.0. The Balaban J connectivity index is 1.61. The minimum atomic E-state index is -4.47. The van der Waals surface area contributed by atoms with E-state index in [1.54, 1.807) is 6.07 Å². The minimum Gasteiger partial charge on any atom is -0.502 e. The van der Waals surface area contributed by atoms with E-state index in [1.165, 1.54) is 35.7 Å². The normalized spacial score (nSPS) is 11.3. The second kappa shape index (κ2) is 10.4. The van der Waals surface area contributed by atoms with Crippen LogP contribution < -0.4 is 4.72 Å². The van der Waals surface area contributed by atoms with E-state index >= 15 is 4.39 Å². The highest BCUT2D eigenvalue weighted by atomic mass is 35.5. The number of halogens is 2. The average Bonchev–Trinajstić information content (AvgIpc) is 3.36. The molecule has 0 atom stereocenters. The standard InChI is InChI=1S/C25H15ClFN5O5S2/c26-25-28-12-11-18(29-25)23-22(30-24(38-23)14-5-2-1-3-6-14)16-7-4-8-17(21(16)27)31-39(36,37)15-9-10-20(33)19(13-15)32(34)35/h1-13,31,33H. The maximum Gasteiger partial charge on any atom is 0.312 e. The first-order valence-corrected chi connectivity index (χ1v) is 13.7. The van der Waals surface area contributed by atoms with Gasteiger partial charge in [-0.3, -0.25) is 14.8 Å². The fourth-order valence-electron chi connectivity index (χ4n) is 3.66. The van der Waals surface area contributed by atoms with Gasteiger partial charge in [-0.15, -0.1) is 11.3 Å². The number of nitrogens with zero attached hydrogens (tertiary/aromatic N) is 4. The Labute approximate surface area is 229 Å². The number of phenols is 1. The van der Waals surface area contributed by atoms with Crippen LogP contribution in [0.4, 0.5) is 15.8 Å². The van der Waals surface area contributed by atoms with Gasteiger partial charge in [-0.1, -0.05) is 36.4 Å². The molecule has 0 bridgehead atoms. The Kier molecular flexibility index (Phi) is 6.95. The molecule has 0 saturated heterocycles. The lowest BCUT2D eigenvalue weighted by Crippen LogP contribution is -2.14. The molecule has 0 aliphatic carbocycles. The number of thiazole rings is 1. The molecule has 2 heterocycles. The highest BCUT2D eigenvalue weighted by Crippen LogP contribution is 2.42. The number of rotatable bonds is 7. The smallest absolute Gasteiger partial charge is 0.312 e. The van der Waals surface area contributed by atoms with Crippen molar-refractivity contribution in [3.05, 3.63) is 100 Å². The van der Waals surface area contributed by atoms with Gasteiger partial charge in [0, 0.05) is 23.4 Å². The van der Waals surface area contributed by atoms with Gasteiger partial charge >= 0.3 is 5.69 Å². The molecule has 0 unspecified atom stereocenters. The third-order valence-electron chi connectivity index (χ3n) is 5.46. The summed E-state index contributed by atoms with van der Waals surface area (Å²) in [6, 6.07) is 17.4. The summed E-state index contributed by atoms with van der Waals surface area (Å²) in [5.41, 5.74) is 0.135. The molecule has 2 N–H and O–H groups in total. The number of aromatic nitrogens is 3. The molecule has 5 rings (SSSR count). The van der Waals surface area contributed by atoms with Crippen LogP contribution in [0.1, 0.15) is 0 Å². The fraction of sp³-hybridized carbons (Fsp3) is 0. The van der Waals surface area contributed by atoms with Gasteiger partial charge in [0.1, 0.15) is 5.01 Å². The lowest BCUT2D eigenvalue weighted by molar-refractivity contribution is -0.386. The number of benzene rings is 3. The Morgan fingerprint density at radius 3 is 2.51 bits per heavy atom. The van der Waals surface area contributed by atoms with Gasteiger partial charge in [-0.05, 0) is 41.9 Å². The maximum absolute atomic E-state index is 15.9. The monoisotopic (exact) mass is 583 g/mol. The lowest BCUT2D eigenvalue weighted by Gasteiger charge is -2.12. The van der Waals surface area contributed by atoms with Crippen LogP contribution in [0.5, 0.6) is 5.75 Å². The van der Waals surface area contributed by atoms with Gasteiger partial charge in [0.2, 0.25) is 5.28 Å². The number of anilines is 1. The first-order valence-electron chi connectivity index (χ1n) is 11.0. The second-order valence-electron chi connectivity index (χ2n) is 7.95. The van der Waals surface area contributed by atoms with E-state index < -0.39 is 42.8 Å². The number of hydrogen-bond acceptors (Lipinski definition) is 9. The van der Waals surface area contributed by atoms with Crippen molar-refractivity contribution >= 4 is 44.3 Å². The first-order chi connectivity index (χ1) is 18.6. The molecular weight excluding hydrogens is 569 g/mol. The summed E-state index contributed by atoms with van der Waals surface area (Å²) in [6.45, 7) is 0. The van der Waals surface area contributed by atoms with Gasteiger partial charge < -0.3 is 5.11 Å². The number of nitro benzene ring substituents is 1. The van der Waals surface area contributed by atoms with Crippen molar-refractivity contribution < 1.29 is 22.8 Å². The largest absolute Gasteiger partial charge is 0.502 e. The van der Waals surface area contributed by atoms with Crippen molar-refractivity contribution in [3.8, 4) is 38.1 Å². The highest BCUT2D eigenvalue weighted by Gasteiger charge is 2.25. The third kappa shape index (κ3) is 5.27. The fourth-order valence-corrected chi connectivity index (χ4v) is 5.94. The zero-order chi connectivity index (χ0) is 27.7. The van der Waals surface area contributed by atoms with Gasteiger partial charge in [-0.25, -0.2) is 27.8 Å². The Hall–Kier alpha value is -4.46. The molecule has 196 valence electrons. The Morgan fingerprint density at radius 1 is 1.03 bits per heavy atom. The highest BCUT2D eigenvalue weighted by molar-refractivity contribution is 7.92.